The predicted molar refractivity (Wildman–Crippen MR) is 94.5 cm³/mol. The Labute approximate surface area is 158 Å². The van der Waals surface area contributed by atoms with Crippen molar-refractivity contribution in [2.24, 2.45) is 0 Å². The van der Waals surface area contributed by atoms with Crippen LogP contribution in [0.15, 0.2) is 24.3 Å². The van der Waals surface area contributed by atoms with Gasteiger partial charge in [0.1, 0.15) is 0 Å². The van der Waals surface area contributed by atoms with E-state index in [1.54, 1.807) is 6.07 Å². The summed E-state index contributed by atoms with van der Waals surface area (Å²) in [6.07, 6.45) is 18.2. The van der Waals surface area contributed by atoms with Crippen LogP contribution in [0.4, 0.5) is 0 Å². The summed E-state index contributed by atoms with van der Waals surface area (Å²) in [4.78, 5) is 2.15. The van der Waals surface area contributed by atoms with Gasteiger partial charge in [-0.1, -0.05) is 24.3 Å². The molecule has 3 rings (SSSR count). The minimum absolute atomic E-state index is 0. The first-order valence-corrected chi connectivity index (χ1v) is 7.66. The molecule has 2 saturated carbocycles. The van der Waals surface area contributed by atoms with Gasteiger partial charge in [-0.15, -0.1) is 0 Å². The molecule has 0 bridgehead atoms. The van der Waals surface area contributed by atoms with E-state index in [2.05, 4.69) is 17.7 Å². The Balaban J connectivity index is 0.000000412. The van der Waals surface area contributed by atoms with Crippen molar-refractivity contribution in [2.75, 3.05) is 13.6 Å². The summed E-state index contributed by atoms with van der Waals surface area (Å²) < 4.78 is 0. The summed E-state index contributed by atoms with van der Waals surface area (Å²) in [6.45, 7) is 1.54. The van der Waals surface area contributed by atoms with Gasteiger partial charge in [-0.2, -0.15) is 0 Å². The number of hydrogen-bond acceptors (Lipinski definition) is 3. The van der Waals surface area contributed by atoms with Gasteiger partial charge in [0.2, 0.25) is 0 Å². The topological polar surface area (TPSA) is 43.7 Å². The molecule has 0 atom stereocenters. The van der Waals surface area contributed by atoms with Gasteiger partial charge in [-0.05, 0) is 81.8 Å². The van der Waals surface area contributed by atoms with E-state index in [4.69, 9.17) is 0 Å². The molecule has 2 N–H and O–H groups in total. The van der Waals surface area contributed by atoms with Crippen LogP contribution in [0.3, 0.4) is 0 Å². The summed E-state index contributed by atoms with van der Waals surface area (Å²) in [5, 5.41) is 18.6. The van der Waals surface area contributed by atoms with E-state index < -0.39 is 7.12 Å². The number of benzene rings is 1. The monoisotopic (exact) mass is 363 g/mol. The molecule has 0 amide bonds. The molecule has 24 heavy (non-hydrogen) atoms. The SMILES string of the molecule is CN(C[C]1[CH][CH][CH][CH]1)Cc1ccccc1B(O)O.[CH]1[CH][CH][CH][CH]1.[Fe+2]. The zero-order valence-electron chi connectivity index (χ0n) is 13.7. The first-order chi connectivity index (χ1) is 11.2. The van der Waals surface area contributed by atoms with Crippen LogP contribution in [-0.4, -0.2) is 35.7 Å². The van der Waals surface area contributed by atoms with Crippen LogP contribution in [0.2, 0.25) is 0 Å². The molecule has 0 spiro atoms. The van der Waals surface area contributed by atoms with Crippen LogP contribution in [-0.2, 0) is 23.6 Å². The fraction of sp³-hybridized carbons (Fsp3) is 0.158. The minimum Gasteiger partial charge on any atom is -0.423 e. The molecule has 124 valence electrons. The van der Waals surface area contributed by atoms with E-state index in [0.29, 0.717) is 12.0 Å². The van der Waals surface area contributed by atoms with Gasteiger partial charge >= 0.3 is 24.2 Å². The second kappa shape index (κ2) is 12.1. The summed E-state index contributed by atoms with van der Waals surface area (Å²) in [6, 6.07) is 7.40. The molecule has 1 aromatic rings. The van der Waals surface area contributed by atoms with Crippen LogP contribution < -0.4 is 5.46 Å². The van der Waals surface area contributed by atoms with Crippen LogP contribution in [0.5, 0.6) is 0 Å². The van der Waals surface area contributed by atoms with E-state index >= 15 is 0 Å². The zero-order valence-corrected chi connectivity index (χ0v) is 14.8. The normalized spacial score (nSPS) is 17.3. The van der Waals surface area contributed by atoms with Crippen LogP contribution in [0.25, 0.3) is 0 Å². The van der Waals surface area contributed by atoms with Crippen molar-refractivity contribution in [3.63, 3.8) is 0 Å². The Morgan fingerprint density at radius 3 is 1.92 bits per heavy atom. The fourth-order valence-corrected chi connectivity index (χ4v) is 2.43. The minimum atomic E-state index is -1.41. The molecule has 5 heteroatoms. The summed E-state index contributed by atoms with van der Waals surface area (Å²) in [5.41, 5.74) is 1.52. The average molecular weight is 363 g/mol. The van der Waals surface area contributed by atoms with Gasteiger partial charge in [0.25, 0.3) is 0 Å². The first kappa shape index (κ1) is 21.7. The molecule has 0 aliphatic heterocycles. The second-order valence-corrected chi connectivity index (χ2v) is 5.50. The first-order valence-electron chi connectivity index (χ1n) is 7.66. The quantitative estimate of drug-likeness (QED) is 0.774. The molecule has 2 fully saturated rings. The van der Waals surface area contributed by atoms with E-state index in [1.165, 1.54) is 5.92 Å². The molecule has 2 aliphatic carbocycles. The molecule has 2 aliphatic rings. The van der Waals surface area contributed by atoms with Crippen molar-refractivity contribution in [1.82, 2.24) is 4.90 Å². The Bertz CT molecular complexity index is 441. The van der Waals surface area contributed by atoms with Crippen molar-refractivity contribution in [2.45, 2.75) is 6.54 Å². The molecular weight excluding hydrogens is 341 g/mol. The molecular formula is C19H22BFeNO2+2. The Kier molecular flexibility index (Phi) is 11.0. The van der Waals surface area contributed by atoms with Gasteiger partial charge in [-0.3, -0.25) is 0 Å². The fourth-order valence-electron chi connectivity index (χ4n) is 2.43. The van der Waals surface area contributed by atoms with E-state index in [0.717, 1.165) is 12.1 Å². The molecule has 10 radical (unpaired) electrons. The van der Waals surface area contributed by atoms with E-state index in [1.807, 2.05) is 70.2 Å². The Morgan fingerprint density at radius 1 is 0.833 bits per heavy atom. The summed E-state index contributed by atoms with van der Waals surface area (Å²) in [7, 11) is 0.613. The number of nitrogens with zero attached hydrogens (tertiary/aromatic N) is 1. The third-order valence-corrected chi connectivity index (χ3v) is 3.51. The Morgan fingerprint density at radius 2 is 1.38 bits per heavy atom. The van der Waals surface area contributed by atoms with Crippen LogP contribution in [0.1, 0.15) is 5.56 Å². The molecule has 0 unspecified atom stereocenters. The molecule has 3 nitrogen and oxygen atoms in total. The maximum absolute atomic E-state index is 9.31. The molecule has 0 saturated heterocycles. The number of hydrogen-bond donors (Lipinski definition) is 2. The van der Waals surface area contributed by atoms with Crippen molar-refractivity contribution in [1.29, 1.82) is 0 Å². The third-order valence-electron chi connectivity index (χ3n) is 3.51. The van der Waals surface area contributed by atoms with Gasteiger partial charge in [0.15, 0.2) is 0 Å². The Hall–Kier alpha value is -0.316. The van der Waals surface area contributed by atoms with Gasteiger partial charge in [0.05, 0.1) is 0 Å². The van der Waals surface area contributed by atoms with E-state index in [9.17, 15) is 10.0 Å². The molecule has 0 aromatic heterocycles. The molecule has 1 aromatic carbocycles. The van der Waals surface area contributed by atoms with Crippen LogP contribution in [0, 0.1) is 63.7 Å². The van der Waals surface area contributed by atoms with Crippen molar-refractivity contribution >= 4 is 12.6 Å². The maximum Gasteiger partial charge on any atom is 2.00 e. The number of rotatable bonds is 5. The van der Waals surface area contributed by atoms with E-state index in [-0.39, 0.29) is 17.1 Å². The van der Waals surface area contributed by atoms with Gasteiger partial charge < -0.3 is 14.9 Å². The zero-order chi connectivity index (χ0) is 16.5. The average Bonchev–Trinajstić information content (AvgIpc) is 3.23. The summed E-state index contributed by atoms with van der Waals surface area (Å²) in [5.74, 6) is 1.26. The summed E-state index contributed by atoms with van der Waals surface area (Å²) >= 11 is 0. The predicted octanol–water partition coefficient (Wildman–Crippen LogP) is 1.22. The third kappa shape index (κ3) is 7.71. The standard InChI is InChI=1S/C14H17BNO2.C5H5.Fe/c1-16(10-12-6-2-3-7-12)11-13-8-4-5-9-14(13)15(17)18;1-2-4-5-3-1;/h2-9,17-18H,10-11H2,1H3;1-5H;/q;;+2. The largest absolute Gasteiger partial charge is 2.00 e. The maximum atomic E-state index is 9.31. The van der Waals surface area contributed by atoms with Crippen LogP contribution >= 0.6 is 0 Å². The molecule has 0 heterocycles. The smallest absolute Gasteiger partial charge is 0.423 e. The van der Waals surface area contributed by atoms with Crippen molar-refractivity contribution in [3.05, 3.63) is 93.5 Å². The second-order valence-electron chi connectivity index (χ2n) is 5.50. The van der Waals surface area contributed by atoms with Gasteiger partial charge in [-0.25, -0.2) is 0 Å². The van der Waals surface area contributed by atoms with Crippen molar-refractivity contribution < 1.29 is 27.1 Å². The van der Waals surface area contributed by atoms with Gasteiger partial charge in [0, 0.05) is 13.1 Å². The van der Waals surface area contributed by atoms with Crippen molar-refractivity contribution in [3.8, 4) is 0 Å².